The monoisotopic (exact) mass is 292 g/mol. The second-order valence-corrected chi connectivity index (χ2v) is 6.17. The van der Waals surface area contributed by atoms with Gasteiger partial charge in [-0.05, 0) is 25.3 Å². The normalized spacial score (nSPS) is 22.3. The Morgan fingerprint density at radius 3 is 2.81 bits per heavy atom. The van der Waals surface area contributed by atoms with E-state index in [-0.39, 0.29) is 5.54 Å². The summed E-state index contributed by atoms with van der Waals surface area (Å²) < 4.78 is 10.3. The van der Waals surface area contributed by atoms with Crippen LogP contribution in [0.25, 0.3) is 0 Å². The first-order valence-electron chi connectivity index (χ1n) is 7.76. The van der Waals surface area contributed by atoms with Gasteiger partial charge in [0.05, 0.1) is 19.1 Å². The van der Waals surface area contributed by atoms with Crippen LogP contribution in [-0.4, -0.2) is 54.6 Å². The molecule has 2 aliphatic heterocycles. The molecule has 0 saturated carbocycles. The molecule has 116 valence electrons. The van der Waals surface area contributed by atoms with E-state index < -0.39 is 0 Å². The van der Waals surface area contributed by atoms with E-state index in [1.165, 1.54) is 5.56 Å². The van der Waals surface area contributed by atoms with Crippen LogP contribution in [0.1, 0.15) is 31.2 Å². The summed E-state index contributed by atoms with van der Waals surface area (Å²) in [7, 11) is 1.70. The van der Waals surface area contributed by atoms with Gasteiger partial charge in [0, 0.05) is 50.8 Å². The molecule has 0 unspecified atom stereocenters. The number of ether oxygens (including phenoxy) is 1. The van der Waals surface area contributed by atoms with Gasteiger partial charge < -0.3 is 14.1 Å². The molecular formula is C16H24N2O3. The molecule has 0 N–H and O–H groups in total. The second kappa shape index (κ2) is 6.20. The lowest BCUT2D eigenvalue weighted by Crippen LogP contribution is -2.53. The molecule has 3 rings (SSSR count). The zero-order chi connectivity index (χ0) is 14.7. The van der Waals surface area contributed by atoms with Gasteiger partial charge in [-0.1, -0.05) is 0 Å². The maximum absolute atomic E-state index is 12.1. The van der Waals surface area contributed by atoms with Gasteiger partial charge in [0.2, 0.25) is 5.91 Å². The predicted octanol–water partition coefficient (Wildman–Crippen LogP) is 1.88. The third-order valence-electron chi connectivity index (χ3n) is 4.97. The first kappa shape index (κ1) is 14.6. The Kier molecular flexibility index (Phi) is 4.31. The minimum atomic E-state index is 0.0858. The van der Waals surface area contributed by atoms with Crippen molar-refractivity contribution >= 4 is 5.91 Å². The Morgan fingerprint density at radius 2 is 2.14 bits per heavy atom. The third-order valence-corrected chi connectivity index (χ3v) is 4.97. The summed E-state index contributed by atoms with van der Waals surface area (Å²) in [6.45, 7) is 4.39. The molecule has 1 aromatic heterocycles. The molecule has 1 amide bonds. The second-order valence-electron chi connectivity index (χ2n) is 6.17. The highest BCUT2D eigenvalue weighted by atomic mass is 16.5. The minimum absolute atomic E-state index is 0.0858. The van der Waals surface area contributed by atoms with E-state index in [1.54, 1.807) is 13.4 Å². The lowest BCUT2D eigenvalue weighted by Gasteiger charge is -2.45. The van der Waals surface area contributed by atoms with Crippen LogP contribution in [0.15, 0.2) is 23.0 Å². The molecule has 5 heteroatoms. The van der Waals surface area contributed by atoms with E-state index in [2.05, 4.69) is 9.80 Å². The average molecular weight is 292 g/mol. The minimum Gasteiger partial charge on any atom is -0.472 e. The molecular weight excluding hydrogens is 268 g/mol. The number of likely N-dealkylation sites (tertiary alicyclic amines) is 2. The van der Waals surface area contributed by atoms with Crippen LogP contribution in [-0.2, 0) is 16.1 Å². The lowest BCUT2D eigenvalue weighted by molar-refractivity contribution is -0.133. The highest BCUT2D eigenvalue weighted by molar-refractivity contribution is 5.79. The summed E-state index contributed by atoms with van der Waals surface area (Å²) in [6.07, 6.45) is 7.39. The Hall–Kier alpha value is -1.33. The third kappa shape index (κ3) is 2.99. The van der Waals surface area contributed by atoms with Gasteiger partial charge in [0.15, 0.2) is 0 Å². The van der Waals surface area contributed by atoms with Crippen molar-refractivity contribution in [1.29, 1.82) is 0 Å². The average Bonchev–Trinajstić information content (AvgIpc) is 3.10. The number of hydrogen-bond acceptors (Lipinski definition) is 4. The van der Waals surface area contributed by atoms with Crippen LogP contribution in [0.3, 0.4) is 0 Å². The zero-order valence-corrected chi connectivity index (χ0v) is 12.7. The molecule has 0 aromatic carbocycles. The van der Waals surface area contributed by atoms with Gasteiger partial charge in [-0.15, -0.1) is 0 Å². The standard InChI is InChI=1S/C16H24N2O3/c1-20-11-9-18-15(19)2-4-16(18)5-7-17(8-6-16)12-14-3-10-21-13-14/h3,10,13H,2,4-9,11-12H2,1H3. The SMILES string of the molecule is COCCN1C(=O)CCC12CCN(Cc1ccoc1)CC2. The number of amides is 1. The number of hydrogen-bond donors (Lipinski definition) is 0. The first-order chi connectivity index (χ1) is 10.2. The van der Waals surface area contributed by atoms with Crippen molar-refractivity contribution in [2.45, 2.75) is 37.8 Å². The molecule has 0 aliphatic carbocycles. The van der Waals surface area contributed by atoms with Crippen molar-refractivity contribution in [2.75, 3.05) is 33.4 Å². The first-order valence-corrected chi connectivity index (χ1v) is 7.76. The highest BCUT2D eigenvalue weighted by Gasteiger charge is 2.46. The molecule has 5 nitrogen and oxygen atoms in total. The molecule has 0 bridgehead atoms. The number of carbonyl (C=O) groups excluding carboxylic acids is 1. The largest absolute Gasteiger partial charge is 0.472 e. The predicted molar refractivity (Wildman–Crippen MR) is 78.8 cm³/mol. The van der Waals surface area contributed by atoms with Gasteiger partial charge >= 0.3 is 0 Å². The van der Waals surface area contributed by atoms with Gasteiger partial charge in [-0.25, -0.2) is 0 Å². The maximum Gasteiger partial charge on any atom is 0.223 e. The van der Waals surface area contributed by atoms with E-state index in [0.717, 1.165) is 45.4 Å². The van der Waals surface area contributed by atoms with Crippen molar-refractivity contribution in [2.24, 2.45) is 0 Å². The van der Waals surface area contributed by atoms with Crippen LogP contribution in [0.4, 0.5) is 0 Å². The molecule has 2 saturated heterocycles. The van der Waals surface area contributed by atoms with Gasteiger partial charge in [-0.2, -0.15) is 0 Å². The van der Waals surface area contributed by atoms with Crippen LogP contribution >= 0.6 is 0 Å². The van der Waals surface area contributed by atoms with E-state index in [0.29, 0.717) is 18.9 Å². The fourth-order valence-electron chi connectivity index (χ4n) is 3.71. The summed E-state index contributed by atoms with van der Waals surface area (Å²) in [4.78, 5) is 16.7. The van der Waals surface area contributed by atoms with Gasteiger partial charge in [-0.3, -0.25) is 9.69 Å². The molecule has 2 aliphatic rings. The lowest BCUT2D eigenvalue weighted by atomic mass is 9.85. The number of carbonyl (C=O) groups is 1. The summed E-state index contributed by atoms with van der Waals surface area (Å²) >= 11 is 0. The van der Waals surface area contributed by atoms with Crippen LogP contribution in [0.5, 0.6) is 0 Å². The van der Waals surface area contributed by atoms with E-state index in [9.17, 15) is 4.79 Å². The van der Waals surface area contributed by atoms with Crippen molar-refractivity contribution in [3.63, 3.8) is 0 Å². The van der Waals surface area contributed by atoms with Gasteiger partial charge in [0.1, 0.15) is 0 Å². The molecule has 0 radical (unpaired) electrons. The van der Waals surface area contributed by atoms with Crippen LogP contribution in [0.2, 0.25) is 0 Å². The number of rotatable bonds is 5. The molecule has 21 heavy (non-hydrogen) atoms. The number of furan rings is 1. The highest BCUT2D eigenvalue weighted by Crippen LogP contribution is 2.39. The van der Waals surface area contributed by atoms with Gasteiger partial charge in [0.25, 0.3) is 0 Å². The van der Waals surface area contributed by atoms with E-state index in [1.807, 2.05) is 12.3 Å². The fraction of sp³-hybridized carbons (Fsp3) is 0.688. The van der Waals surface area contributed by atoms with Crippen molar-refractivity contribution < 1.29 is 13.9 Å². The Morgan fingerprint density at radius 1 is 1.33 bits per heavy atom. The quantitative estimate of drug-likeness (QED) is 0.831. The molecule has 0 atom stereocenters. The fourth-order valence-corrected chi connectivity index (χ4v) is 3.71. The molecule has 1 aromatic rings. The summed E-state index contributed by atoms with van der Waals surface area (Å²) in [6, 6.07) is 2.02. The molecule has 3 heterocycles. The number of nitrogens with zero attached hydrogens (tertiary/aromatic N) is 2. The number of piperidine rings is 1. The maximum atomic E-state index is 12.1. The Labute approximate surface area is 125 Å². The van der Waals surface area contributed by atoms with Crippen molar-refractivity contribution in [3.8, 4) is 0 Å². The Bertz CT molecular complexity index is 464. The van der Waals surface area contributed by atoms with Crippen molar-refractivity contribution in [3.05, 3.63) is 24.2 Å². The van der Waals surface area contributed by atoms with E-state index in [4.69, 9.17) is 9.15 Å². The smallest absolute Gasteiger partial charge is 0.223 e. The molecule has 2 fully saturated rings. The van der Waals surface area contributed by atoms with Crippen LogP contribution in [0, 0.1) is 0 Å². The van der Waals surface area contributed by atoms with Crippen LogP contribution < -0.4 is 0 Å². The number of methoxy groups -OCH3 is 1. The zero-order valence-electron chi connectivity index (χ0n) is 12.7. The molecule has 1 spiro atoms. The van der Waals surface area contributed by atoms with Crippen molar-refractivity contribution in [1.82, 2.24) is 9.80 Å². The Balaban J connectivity index is 1.59. The summed E-state index contributed by atoms with van der Waals surface area (Å²) in [5.41, 5.74) is 1.31. The summed E-state index contributed by atoms with van der Waals surface area (Å²) in [5.74, 6) is 0.301. The summed E-state index contributed by atoms with van der Waals surface area (Å²) in [5, 5.41) is 0. The topological polar surface area (TPSA) is 45.9 Å². The van der Waals surface area contributed by atoms with E-state index >= 15 is 0 Å².